The molecule has 2 rings (SSSR count). The Balaban J connectivity index is 1.90. The van der Waals surface area contributed by atoms with Gasteiger partial charge < -0.3 is 5.73 Å². The van der Waals surface area contributed by atoms with E-state index >= 15 is 0 Å². The van der Waals surface area contributed by atoms with Crippen molar-refractivity contribution in [3.8, 4) is 0 Å². The van der Waals surface area contributed by atoms with Gasteiger partial charge in [-0.15, -0.1) is 0 Å². The lowest BCUT2D eigenvalue weighted by molar-refractivity contribution is -0.139. The van der Waals surface area contributed by atoms with Crippen LogP contribution in [0, 0.1) is 0 Å². The zero-order valence-electron chi connectivity index (χ0n) is 7.91. The molecule has 2 fully saturated rings. The van der Waals surface area contributed by atoms with E-state index < -0.39 is 0 Å². The normalized spacial score (nSPS) is 24.4. The predicted molar refractivity (Wildman–Crippen MR) is 49.7 cm³/mol. The van der Waals surface area contributed by atoms with Crippen LogP contribution in [0.1, 0.15) is 25.7 Å². The van der Waals surface area contributed by atoms with Crippen molar-refractivity contribution in [3.05, 3.63) is 0 Å². The Morgan fingerprint density at radius 2 is 2.23 bits per heavy atom. The summed E-state index contributed by atoms with van der Waals surface area (Å²) in [4.78, 5) is 11.5. The van der Waals surface area contributed by atoms with Gasteiger partial charge >= 0.3 is 0 Å². The van der Waals surface area contributed by atoms with E-state index in [2.05, 4.69) is 5.01 Å². The van der Waals surface area contributed by atoms with Crippen molar-refractivity contribution in [2.45, 2.75) is 31.7 Å². The summed E-state index contributed by atoms with van der Waals surface area (Å²) in [5.74, 6) is 0.305. The number of hydrogen-bond acceptors (Lipinski definition) is 3. The van der Waals surface area contributed by atoms with Crippen molar-refractivity contribution < 1.29 is 4.79 Å². The standard InChI is InChI=1S/C9H17N3O/c10-5-1-6-11-7-4-9(13)12(11)8-2-3-8/h8H,1-7,10H2. The van der Waals surface area contributed by atoms with E-state index in [1.54, 1.807) is 0 Å². The lowest BCUT2D eigenvalue weighted by Gasteiger charge is -2.27. The number of rotatable bonds is 4. The van der Waals surface area contributed by atoms with E-state index in [9.17, 15) is 4.79 Å². The second-order valence-corrected chi connectivity index (χ2v) is 3.82. The van der Waals surface area contributed by atoms with Gasteiger partial charge in [-0.2, -0.15) is 0 Å². The molecule has 0 unspecified atom stereocenters. The molecule has 2 N–H and O–H groups in total. The molecule has 13 heavy (non-hydrogen) atoms. The maximum Gasteiger partial charge on any atom is 0.238 e. The molecule has 0 radical (unpaired) electrons. The average molecular weight is 183 g/mol. The molecule has 4 nitrogen and oxygen atoms in total. The highest BCUT2D eigenvalue weighted by molar-refractivity contribution is 5.78. The molecule has 1 heterocycles. The summed E-state index contributed by atoms with van der Waals surface area (Å²) >= 11 is 0. The molecule has 1 amide bonds. The van der Waals surface area contributed by atoms with Gasteiger partial charge in [0.2, 0.25) is 5.91 Å². The number of carbonyl (C=O) groups is 1. The quantitative estimate of drug-likeness (QED) is 0.664. The summed E-state index contributed by atoms with van der Waals surface area (Å²) in [7, 11) is 0. The van der Waals surface area contributed by atoms with Gasteiger partial charge in [-0.25, -0.2) is 5.01 Å². The summed E-state index contributed by atoms with van der Waals surface area (Å²) < 4.78 is 0. The molecule has 0 spiro atoms. The van der Waals surface area contributed by atoms with Gasteiger partial charge in [0.15, 0.2) is 0 Å². The number of hydrazine groups is 1. The molecule has 1 saturated heterocycles. The van der Waals surface area contributed by atoms with Crippen LogP contribution in [0.25, 0.3) is 0 Å². The van der Waals surface area contributed by atoms with E-state index in [0.29, 0.717) is 24.9 Å². The third-order valence-electron chi connectivity index (χ3n) is 2.66. The molecule has 74 valence electrons. The maximum atomic E-state index is 11.5. The first-order valence-corrected chi connectivity index (χ1v) is 5.10. The second-order valence-electron chi connectivity index (χ2n) is 3.82. The van der Waals surface area contributed by atoms with Crippen LogP contribution in [0.2, 0.25) is 0 Å². The Morgan fingerprint density at radius 3 is 2.85 bits per heavy atom. The van der Waals surface area contributed by atoms with Gasteiger partial charge in [0.1, 0.15) is 0 Å². The fourth-order valence-electron chi connectivity index (χ4n) is 1.85. The van der Waals surface area contributed by atoms with Crippen molar-refractivity contribution in [2.75, 3.05) is 19.6 Å². The molecule has 0 aromatic heterocycles. The van der Waals surface area contributed by atoms with Crippen LogP contribution in [0.5, 0.6) is 0 Å². The van der Waals surface area contributed by atoms with Crippen molar-refractivity contribution >= 4 is 5.91 Å². The molecular formula is C9H17N3O. The van der Waals surface area contributed by atoms with Gasteiger partial charge in [0.05, 0.1) is 0 Å². The number of nitrogens with two attached hydrogens (primary N) is 1. The number of amides is 1. The van der Waals surface area contributed by atoms with Crippen LogP contribution in [-0.2, 0) is 4.79 Å². The number of nitrogens with zero attached hydrogens (tertiary/aromatic N) is 2. The lowest BCUT2D eigenvalue weighted by atomic mass is 10.4. The van der Waals surface area contributed by atoms with Crippen LogP contribution in [0.3, 0.4) is 0 Å². The minimum Gasteiger partial charge on any atom is -0.330 e. The SMILES string of the molecule is NCCCN1CCC(=O)N1C1CC1. The van der Waals surface area contributed by atoms with E-state index in [1.807, 2.05) is 5.01 Å². The summed E-state index contributed by atoms with van der Waals surface area (Å²) in [5, 5.41) is 4.14. The molecular weight excluding hydrogens is 166 g/mol. The summed E-state index contributed by atoms with van der Waals surface area (Å²) in [5.41, 5.74) is 5.45. The van der Waals surface area contributed by atoms with Gasteiger partial charge in [0, 0.05) is 25.6 Å². The average Bonchev–Trinajstić information content (AvgIpc) is 2.88. The van der Waals surface area contributed by atoms with E-state index in [0.717, 1.165) is 19.5 Å². The van der Waals surface area contributed by atoms with E-state index in [1.165, 1.54) is 12.8 Å². The van der Waals surface area contributed by atoms with Crippen molar-refractivity contribution in [1.29, 1.82) is 0 Å². The highest BCUT2D eigenvalue weighted by Gasteiger charge is 2.39. The second kappa shape index (κ2) is 3.64. The Hall–Kier alpha value is -0.610. The topological polar surface area (TPSA) is 49.6 Å². The maximum absolute atomic E-state index is 11.5. The van der Waals surface area contributed by atoms with Gasteiger partial charge in [-0.3, -0.25) is 9.80 Å². The smallest absolute Gasteiger partial charge is 0.238 e. The van der Waals surface area contributed by atoms with Crippen LogP contribution in [-0.4, -0.2) is 41.6 Å². The summed E-state index contributed by atoms with van der Waals surface area (Å²) in [6, 6.07) is 0.521. The first kappa shape index (κ1) is 8.97. The molecule has 4 heteroatoms. The van der Waals surface area contributed by atoms with Crippen molar-refractivity contribution in [2.24, 2.45) is 5.73 Å². The fraction of sp³-hybridized carbons (Fsp3) is 0.889. The monoisotopic (exact) mass is 183 g/mol. The van der Waals surface area contributed by atoms with Crippen molar-refractivity contribution in [3.63, 3.8) is 0 Å². The molecule has 1 aliphatic carbocycles. The Morgan fingerprint density at radius 1 is 1.46 bits per heavy atom. The zero-order valence-corrected chi connectivity index (χ0v) is 7.91. The van der Waals surface area contributed by atoms with Gasteiger partial charge in [-0.05, 0) is 25.8 Å². The van der Waals surface area contributed by atoms with E-state index in [-0.39, 0.29) is 0 Å². The van der Waals surface area contributed by atoms with Gasteiger partial charge in [-0.1, -0.05) is 0 Å². The Bertz CT molecular complexity index is 203. The first-order valence-electron chi connectivity index (χ1n) is 5.10. The zero-order chi connectivity index (χ0) is 9.26. The Kier molecular flexibility index (Phi) is 2.51. The third-order valence-corrected chi connectivity index (χ3v) is 2.66. The Labute approximate surface area is 78.6 Å². The molecule has 0 aromatic carbocycles. The number of hydrogen-bond donors (Lipinski definition) is 1. The summed E-state index contributed by atoms with van der Waals surface area (Å²) in [6.45, 7) is 2.55. The van der Waals surface area contributed by atoms with Crippen molar-refractivity contribution in [1.82, 2.24) is 10.0 Å². The fourth-order valence-corrected chi connectivity index (χ4v) is 1.85. The van der Waals surface area contributed by atoms with Gasteiger partial charge in [0.25, 0.3) is 0 Å². The molecule has 0 atom stereocenters. The van der Waals surface area contributed by atoms with Crippen LogP contribution in [0.4, 0.5) is 0 Å². The molecule has 1 saturated carbocycles. The largest absolute Gasteiger partial charge is 0.330 e. The van der Waals surface area contributed by atoms with Crippen LogP contribution < -0.4 is 5.73 Å². The predicted octanol–water partition coefficient (Wildman–Crippen LogP) is -0.0531. The van der Waals surface area contributed by atoms with Crippen LogP contribution in [0.15, 0.2) is 0 Å². The molecule has 0 aromatic rings. The van der Waals surface area contributed by atoms with E-state index in [4.69, 9.17) is 5.73 Å². The third kappa shape index (κ3) is 1.84. The minimum absolute atomic E-state index is 0.305. The highest BCUT2D eigenvalue weighted by Crippen LogP contribution is 2.31. The summed E-state index contributed by atoms with van der Waals surface area (Å²) in [6.07, 6.45) is 4.05. The lowest BCUT2D eigenvalue weighted by Crippen LogP contribution is -2.41. The minimum atomic E-state index is 0.305. The first-order chi connectivity index (χ1) is 6.33. The molecule has 1 aliphatic heterocycles. The molecule has 2 aliphatic rings. The number of carbonyl (C=O) groups excluding carboxylic acids is 1. The highest BCUT2D eigenvalue weighted by atomic mass is 16.2. The van der Waals surface area contributed by atoms with Crippen LogP contribution >= 0.6 is 0 Å². The molecule has 0 bridgehead atoms.